The fourth-order valence-electron chi connectivity index (χ4n) is 3.18. The highest BCUT2D eigenvalue weighted by Crippen LogP contribution is 2.19. The highest BCUT2D eigenvalue weighted by molar-refractivity contribution is 5.88. The highest BCUT2D eigenvalue weighted by Gasteiger charge is 2.09. The number of rotatable bonds is 8. The van der Waals surface area contributed by atoms with Crippen molar-refractivity contribution in [3.63, 3.8) is 0 Å². The van der Waals surface area contributed by atoms with Crippen molar-refractivity contribution in [3.05, 3.63) is 66.4 Å². The minimum atomic E-state index is -0.0898. The van der Waals surface area contributed by atoms with E-state index in [2.05, 4.69) is 49.9 Å². The predicted molar refractivity (Wildman–Crippen MR) is 104 cm³/mol. The lowest BCUT2D eigenvalue weighted by Crippen LogP contribution is -2.15. The van der Waals surface area contributed by atoms with Crippen LogP contribution in [0.1, 0.15) is 24.2 Å². The Hall–Kier alpha value is -3.35. The van der Waals surface area contributed by atoms with Gasteiger partial charge in [0.1, 0.15) is 5.82 Å². The molecule has 0 saturated heterocycles. The van der Waals surface area contributed by atoms with Crippen LogP contribution in [0.25, 0.3) is 10.9 Å². The van der Waals surface area contributed by atoms with E-state index in [1.54, 1.807) is 0 Å². The van der Waals surface area contributed by atoms with Gasteiger partial charge in [-0.15, -0.1) is 5.10 Å². The number of nitrogens with one attached hydrogen (secondary N) is 3. The first kappa shape index (κ1) is 17.1. The van der Waals surface area contributed by atoms with E-state index in [0.717, 1.165) is 30.6 Å². The zero-order chi connectivity index (χ0) is 18.5. The van der Waals surface area contributed by atoms with Crippen molar-refractivity contribution in [3.8, 4) is 0 Å². The third-order valence-corrected chi connectivity index (χ3v) is 4.58. The zero-order valence-corrected chi connectivity index (χ0v) is 15.0. The summed E-state index contributed by atoms with van der Waals surface area (Å²) in [6.07, 6.45) is 9.03. The third-order valence-electron chi connectivity index (χ3n) is 4.58. The van der Waals surface area contributed by atoms with E-state index < -0.39 is 0 Å². The van der Waals surface area contributed by atoms with Crippen LogP contribution in [0.3, 0.4) is 0 Å². The molecule has 3 aromatic heterocycles. The molecule has 0 bridgehead atoms. The van der Waals surface area contributed by atoms with E-state index in [1.165, 1.54) is 10.9 Å². The molecule has 3 heterocycles. The molecule has 0 aliphatic heterocycles. The van der Waals surface area contributed by atoms with Gasteiger partial charge in [0.25, 0.3) is 0 Å². The van der Waals surface area contributed by atoms with Crippen LogP contribution in [0.5, 0.6) is 0 Å². The summed E-state index contributed by atoms with van der Waals surface area (Å²) in [6, 6.07) is 12.2. The molecule has 0 unspecified atom stereocenters. The Bertz CT molecular complexity index is 1010. The van der Waals surface area contributed by atoms with Crippen LogP contribution in [0.15, 0.2) is 55.0 Å². The molecule has 0 radical (unpaired) electrons. The minimum Gasteiger partial charge on any atom is -0.361 e. The molecule has 0 aliphatic carbocycles. The van der Waals surface area contributed by atoms with Crippen LogP contribution in [-0.4, -0.2) is 30.6 Å². The number of aryl methyl sites for hydroxylation is 3. The molecule has 1 amide bonds. The number of aromatic amines is 2. The molecule has 1 aromatic carbocycles. The number of anilines is 1. The van der Waals surface area contributed by atoms with E-state index in [9.17, 15) is 4.79 Å². The molecule has 138 valence electrons. The summed E-state index contributed by atoms with van der Waals surface area (Å²) in [4.78, 5) is 19.7. The number of amides is 1. The lowest BCUT2D eigenvalue weighted by atomic mass is 10.1. The average molecular weight is 362 g/mol. The van der Waals surface area contributed by atoms with Crippen LogP contribution in [0, 0.1) is 0 Å². The SMILES string of the molecule is O=C(CCn1cccc1)Nc1n[nH]c(CCCc2c[nH]c3ccccc23)n1. The number of carbonyl (C=O) groups excluding carboxylic acids is 1. The molecule has 3 N–H and O–H groups in total. The van der Waals surface area contributed by atoms with E-state index in [1.807, 2.05) is 35.2 Å². The van der Waals surface area contributed by atoms with Crippen molar-refractivity contribution in [1.82, 2.24) is 24.7 Å². The number of fused-ring (bicyclic) bond motifs is 1. The average Bonchev–Trinajstić information content (AvgIpc) is 3.42. The van der Waals surface area contributed by atoms with Gasteiger partial charge >= 0.3 is 0 Å². The Morgan fingerprint density at radius 1 is 1.11 bits per heavy atom. The summed E-state index contributed by atoms with van der Waals surface area (Å²) < 4.78 is 1.97. The first-order chi connectivity index (χ1) is 13.3. The summed E-state index contributed by atoms with van der Waals surface area (Å²) in [5.41, 5.74) is 2.47. The normalized spacial score (nSPS) is 11.1. The van der Waals surface area contributed by atoms with E-state index in [-0.39, 0.29) is 5.91 Å². The smallest absolute Gasteiger partial charge is 0.248 e. The number of hydrogen-bond acceptors (Lipinski definition) is 3. The van der Waals surface area contributed by atoms with Gasteiger partial charge < -0.3 is 9.55 Å². The molecule has 7 heteroatoms. The quantitative estimate of drug-likeness (QED) is 0.449. The zero-order valence-electron chi connectivity index (χ0n) is 15.0. The predicted octanol–water partition coefficient (Wildman–Crippen LogP) is 3.29. The van der Waals surface area contributed by atoms with Gasteiger partial charge in [-0.25, -0.2) is 0 Å². The number of hydrogen-bond donors (Lipinski definition) is 3. The van der Waals surface area contributed by atoms with E-state index >= 15 is 0 Å². The molecule has 0 spiro atoms. The number of nitrogens with zero attached hydrogens (tertiary/aromatic N) is 3. The molecular formula is C20H22N6O. The minimum absolute atomic E-state index is 0.0898. The maximum Gasteiger partial charge on any atom is 0.248 e. The molecule has 0 atom stereocenters. The van der Waals surface area contributed by atoms with Crippen molar-refractivity contribution >= 4 is 22.8 Å². The lowest BCUT2D eigenvalue weighted by molar-refractivity contribution is -0.116. The molecule has 4 aromatic rings. The van der Waals surface area contributed by atoms with E-state index in [4.69, 9.17) is 0 Å². The Balaban J connectivity index is 1.25. The van der Waals surface area contributed by atoms with Gasteiger partial charge in [0, 0.05) is 48.9 Å². The summed E-state index contributed by atoms with van der Waals surface area (Å²) in [7, 11) is 0. The van der Waals surface area contributed by atoms with Gasteiger partial charge in [0.15, 0.2) is 0 Å². The first-order valence-corrected chi connectivity index (χ1v) is 9.15. The second-order valence-corrected chi connectivity index (χ2v) is 6.54. The fourth-order valence-corrected chi connectivity index (χ4v) is 3.18. The Morgan fingerprint density at radius 2 is 1.96 bits per heavy atom. The number of para-hydroxylation sites is 1. The fraction of sp³-hybridized carbons (Fsp3) is 0.250. The molecule has 0 fully saturated rings. The van der Waals surface area contributed by atoms with Crippen LogP contribution < -0.4 is 5.32 Å². The monoisotopic (exact) mass is 362 g/mol. The Morgan fingerprint density at radius 3 is 2.85 bits per heavy atom. The van der Waals surface area contributed by atoms with Gasteiger partial charge in [-0.05, 0) is 36.6 Å². The van der Waals surface area contributed by atoms with Crippen LogP contribution in [0.4, 0.5) is 5.95 Å². The van der Waals surface area contributed by atoms with Gasteiger partial charge in [0.05, 0.1) is 0 Å². The highest BCUT2D eigenvalue weighted by atomic mass is 16.1. The maximum absolute atomic E-state index is 12.0. The topological polar surface area (TPSA) is 91.4 Å². The number of carbonyl (C=O) groups is 1. The second-order valence-electron chi connectivity index (χ2n) is 6.54. The largest absolute Gasteiger partial charge is 0.361 e. The van der Waals surface area contributed by atoms with Gasteiger partial charge in [-0.2, -0.15) is 4.98 Å². The number of aromatic nitrogens is 5. The van der Waals surface area contributed by atoms with Crippen molar-refractivity contribution in [2.75, 3.05) is 5.32 Å². The summed E-state index contributed by atoms with van der Waals surface area (Å²) >= 11 is 0. The molecule has 4 rings (SSSR count). The van der Waals surface area contributed by atoms with Crippen LogP contribution in [-0.2, 0) is 24.2 Å². The molecule has 27 heavy (non-hydrogen) atoms. The number of benzene rings is 1. The standard InChI is InChI=1S/C20H22N6O/c27-19(10-13-26-11-3-4-12-26)23-20-22-18(24-25-20)9-5-6-15-14-21-17-8-2-1-7-16(15)17/h1-4,7-8,11-12,14,21H,5-6,9-10,13H2,(H2,22,23,24,25,27). The summed E-state index contributed by atoms with van der Waals surface area (Å²) in [5, 5.41) is 11.0. The summed E-state index contributed by atoms with van der Waals surface area (Å²) in [5.74, 6) is 1.04. The van der Waals surface area contributed by atoms with Crippen LogP contribution >= 0.6 is 0 Å². The number of H-pyrrole nitrogens is 2. The van der Waals surface area contributed by atoms with Crippen LogP contribution in [0.2, 0.25) is 0 Å². The van der Waals surface area contributed by atoms with Crippen molar-refractivity contribution < 1.29 is 4.79 Å². The summed E-state index contributed by atoms with van der Waals surface area (Å²) in [6.45, 7) is 0.640. The lowest BCUT2D eigenvalue weighted by Gasteiger charge is -2.02. The molecule has 7 nitrogen and oxygen atoms in total. The van der Waals surface area contributed by atoms with Gasteiger partial charge in [-0.1, -0.05) is 18.2 Å². The van der Waals surface area contributed by atoms with Crippen molar-refractivity contribution in [1.29, 1.82) is 0 Å². The Labute approximate surface area is 156 Å². The van der Waals surface area contributed by atoms with Gasteiger partial charge in [-0.3, -0.25) is 15.2 Å². The Kier molecular flexibility index (Phi) is 5.00. The van der Waals surface area contributed by atoms with Crippen molar-refractivity contribution in [2.45, 2.75) is 32.2 Å². The molecule has 0 saturated carbocycles. The van der Waals surface area contributed by atoms with Crippen molar-refractivity contribution in [2.24, 2.45) is 0 Å². The second kappa shape index (κ2) is 7.90. The molecular weight excluding hydrogens is 340 g/mol. The maximum atomic E-state index is 12.0. The van der Waals surface area contributed by atoms with E-state index in [0.29, 0.717) is 18.9 Å². The molecule has 0 aliphatic rings. The third kappa shape index (κ3) is 4.25. The van der Waals surface area contributed by atoms with Gasteiger partial charge in [0.2, 0.25) is 11.9 Å². The first-order valence-electron chi connectivity index (χ1n) is 9.15.